The van der Waals surface area contributed by atoms with Crippen molar-refractivity contribution in [2.75, 3.05) is 17.6 Å². The molecule has 0 aliphatic heterocycles. The average molecular weight is 442 g/mol. The minimum Gasteiger partial charge on any atom is -0.370 e. The van der Waals surface area contributed by atoms with E-state index in [1.165, 1.54) is 23.1 Å². The second-order valence-corrected chi connectivity index (χ2v) is 8.87. The Hall–Kier alpha value is -2.91. The molecule has 0 unspecified atom stereocenters. The summed E-state index contributed by atoms with van der Waals surface area (Å²) in [6.45, 7) is 2.75. The van der Waals surface area contributed by atoms with E-state index in [1.54, 1.807) is 4.90 Å². The van der Waals surface area contributed by atoms with Gasteiger partial charge in [0.25, 0.3) is 0 Å². The summed E-state index contributed by atoms with van der Waals surface area (Å²) in [5.41, 5.74) is 8.37. The molecule has 0 saturated carbocycles. The summed E-state index contributed by atoms with van der Waals surface area (Å²) < 4.78 is 0.702. The number of aryl methyl sites for hydroxylation is 1. The molecule has 3 rings (SSSR count). The van der Waals surface area contributed by atoms with Crippen molar-refractivity contribution in [1.82, 2.24) is 15.1 Å². The zero-order valence-electron chi connectivity index (χ0n) is 16.6. The van der Waals surface area contributed by atoms with E-state index in [0.29, 0.717) is 22.6 Å². The third-order valence-corrected chi connectivity index (χ3v) is 6.15. The summed E-state index contributed by atoms with van der Waals surface area (Å²) in [5, 5.41) is 12.2. The maximum absolute atomic E-state index is 12.8. The highest BCUT2D eigenvalue weighted by molar-refractivity contribution is 8.01. The zero-order chi connectivity index (χ0) is 21.3. The van der Waals surface area contributed by atoms with Crippen LogP contribution in [0.3, 0.4) is 0 Å². The molecule has 0 spiro atoms. The Bertz CT molecular complexity index is 994. The molecule has 2 amide bonds. The monoisotopic (exact) mass is 441 g/mol. The van der Waals surface area contributed by atoms with E-state index < -0.39 is 5.91 Å². The topological polar surface area (TPSA) is 101 Å². The maximum Gasteiger partial charge on any atom is 0.233 e. The van der Waals surface area contributed by atoms with E-state index >= 15 is 0 Å². The van der Waals surface area contributed by atoms with Gasteiger partial charge in [-0.25, -0.2) is 0 Å². The molecule has 1 heterocycles. The first-order valence-electron chi connectivity index (χ1n) is 9.39. The van der Waals surface area contributed by atoms with Crippen molar-refractivity contribution in [3.63, 3.8) is 0 Å². The summed E-state index contributed by atoms with van der Waals surface area (Å²) >= 11 is 2.73. The first-order valence-corrected chi connectivity index (χ1v) is 11.2. The second-order valence-electron chi connectivity index (χ2n) is 6.67. The van der Waals surface area contributed by atoms with Gasteiger partial charge in [0.15, 0.2) is 4.34 Å². The number of anilines is 2. The molecule has 0 bridgehead atoms. The van der Waals surface area contributed by atoms with Gasteiger partial charge in [-0.05, 0) is 30.2 Å². The van der Waals surface area contributed by atoms with Crippen LogP contribution in [0.1, 0.15) is 17.5 Å². The largest absolute Gasteiger partial charge is 0.370 e. The van der Waals surface area contributed by atoms with Crippen molar-refractivity contribution in [3.05, 3.63) is 65.7 Å². The van der Waals surface area contributed by atoms with Crippen molar-refractivity contribution >= 4 is 45.7 Å². The lowest BCUT2D eigenvalue weighted by atomic mass is 10.2. The molecule has 9 heteroatoms. The van der Waals surface area contributed by atoms with Crippen LogP contribution >= 0.6 is 23.1 Å². The van der Waals surface area contributed by atoms with Crippen molar-refractivity contribution in [2.45, 2.75) is 24.2 Å². The molecule has 0 radical (unpaired) electrons. The highest BCUT2D eigenvalue weighted by Crippen LogP contribution is 2.28. The normalized spacial score (nSPS) is 10.6. The van der Waals surface area contributed by atoms with Crippen LogP contribution < -0.4 is 11.1 Å². The number of primary amides is 1. The van der Waals surface area contributed by atoms with Crippen LogP contribution in [0.25, 0.3) is 0 Å². The predicted molar refractivity (Wildman–Crippen MR) is 121 cm³/mol. The van der Waals surface area contributed by atoms with Crippen LogP contribution in [-0.2, 0) is 16.1 Å². The molecule has 156 valence electrons. The van der Waals surface area contributed by atoms with Crippen LogP contribution in [0.5, 0.6) is 0 Å². The van der Waals surface area contributed by atoms with Gasteiger partial charge in [0, 0.05) is 25.2 Å². The van der Waals surface area contributed by atoms with Crippen LogP contribution in [0.2, 0.25) is 0 Å². The number of hydrogen-bond donors (Lipinski definition) is 2. The number of nitrogens with one attached hydrogen (secondary N) is 1. The molecular weight excluding hydrogens is 418 g/mol. The summed E-state index contributed by atoms with van der Waals surface area (Å²) in [7, 11) is 0. The molecule has 3 N–H and O–H groups in total. The summed E-state index contributed by atoms with van der Waals surface area (Å²) in [6.07, 6.45) is 0.132. The van der Waals surface area contributed by atoms with Gasteiger partial charge in [0.05, 0.1) is 5.75 Å². The lowest BCUT2D eigenvalue weighted by Gasteiger charge is -2.22. The molecule has 1 aromatic heterocycles. The van der Waals surface area contributed by atoms with E-state index in [1.807, 2.05) is 61.5 Å². The molecule has 0 aliphatic rings. The summed E-state index contributed by atoms with van der Waals surface area (Å²) in [5.74, 6) is -0.289. The average Bonchev–Trinajstić information content (AvgIpc) is 3.17. The van der Waals surface area contributed by atoms with E-state index in [4.69, 9.17) is 5.73 Å². The molecular formula is C21H23N5O2S2. The fraction of sp³-hybridized carbons (Fsp3) is 0.238. The molecule has 0 atom stereocenters. The Morgan fingerprint density at radius 1 is 1.13 bits per heavy atom. The Labute approximate surface area is 183 Å². The van der Waals surface area contributed by atoms with Crippen molar-refractivity contribution in [3.8, 4) is 0 Å². The van der Waals surface area contributed by atoms with E-state index in [0.717, 1.165) is 16.8 Å². The number of aromatic nitrogens is 2. The molecule has 0 fully saturated rings. The fourth-order valence-electron chi connectivity index (χ4n) is 2.72. The number of carbonyl (C=O) groups excluding carboxylic acids is 2. The van der Waals surface area contributed by atoms with Gasteiger partial charge < -0.3 is 16.0 Å². The minimum atomic E-state index is -0.426. The van der Waals surface area contributed by atoms with Crippen LogP contribution in [0.15, 0.2) is 58.9 Å². The number of benzene rings is 2. The minimum absolute atomic E-state index is 0.0755. The van der Waals surface area contributed by atoms with Gasteiger partial charge >= 0.3 is 0 Å². The number of rotatable bonds is 10. The number of carbonyl (C=O) groups is 2. The molecule has 0 saturated heterocycles. The molecule has 30 heavy (non-hydrogen) atoms. The Morgan fingerprint density at radius 2 is 1.93 bits per heavy atom. The maximum atomic E-state index is 12.8. The lowest BCUT2D eigenvalue weighted by Crippen LogP contribution is -2.34. The number of amides is 2. The van der Waals surface area contributed by atoms with Crippen LogP contribution in [-0.4, -0.2) is 39.2 Å². The molecule has 0 aliphatic carbocycles. The van der Waals surface area contributed by atoms with Gasteiger partial charge in [-0.1, -0.05) is 65.6 Å². The highest BCUT2D eigenvalue weighted by atomic mass is 32.2. The molecule has 3 aromatic rings. The van der Waals surface area contributed by atoms with E-state index in [2.05, 4.69) is 15.5 Å². The molecule has 2 aromatic carbocycles. The Morgan fingerprint density at radius 3 is 2.67 bits per heavy atom. The third kappa shape index (κ3) is 6.85. The smallest absolute Gasteiger partial charge is 0.233 e. The third-order valence-electron chi connectivity index (χ3n) is 4.19. The van der Waals surface area contributed by atoms with Crippen molar-refractivity contribution in [2.24, 2.45) is 5.73 Å². The van der Waals surface area contributed by atoms with E-state index in [9.17, 15) is 9.59 Å². The zero-order valence-corrected chi connectivity index (χ0v) is 18.2. The predicted octanol–water partition coefficient (Wildman–Crippen LogP) is 3.59. The number of nitrogens with two attached hydrogens (primary N) is 1. The van der Waals surface area contributed by atoms with Crippen molar-refractivity contribution in [1.29, 1.82) is 0 Å². The summed E-state index contributed by atoms with van der Waals surface area (Å²) in [4.78, 5) is 25.6. The van der Waals surface area contributed by atoms with Gasteiger partial charge in [-0.3, -0.25) is 9.59 Å². The van der Waals surface area contributed by atoms with Gasteiger partial charge in [0.1, 0.15) is 0 Å². The molecule has 7 nitrogen and oxygen atoms in total. The number of hydrogen-bond acceptors (Lipinski definition) is 7. The number of thioether (sulfide) groups is 1. The van der Waals surface area contributed by atoms with Gasteiger partial charge in [-0.15, -0.1) is 10.2 Å². The SMILES string of the molecule is Cc1cccc(Nc2nnc(SCC(=O)N(CCC(N)=O)Cc3ccccc3)s2)c1. The van der Waals surface area contributed by atoms with Gasteiger partial charge in [-0.2, -0.15) is 0 Å². The van der Waals surface area contributed by atoms with Gasteiger partial charge in [0.2, 0.25) is 16.9 Å². The first kappa shape index (κ1) is 21.8. The van der Waals surface area contributed by atoms with Crippen LogP contribution in [0, 0.1) is 6.92 Å². The Kier molecular flexibility index (Phi) is 7.81. The quantitative estimate of drug-likeness (QED) is 0.466. The van der Waals surface area contributed by atoms with E-state index in [-0.39, 0.29) is 18.1 Å². The fourth-order valence-corrected chi connectivity index (χ4v) is 4.40. The standard InChI is InChI=1S/C21H23N5O2S2/c1-15-6-5-9-17(12-15)23-20-24-25-21(30-20)29-14-19(28)26(11-10-18(22)27)13-16-7-3-2-4-8-16/h2-9,12H,10-11,13-14H2,1H3,(H2,22,27)(H,23,24). The first-order chi connectivity index (χ1) is 14.5. The highest BCUT2D eigenvalue weighted by Gasteiger charge is 2.16. The Balaban J connectivity index is 1.57. The van der Waals surface area contributed by atoms with Crippen molar-refractivity contribution < 1.29 is 9.59 Å². The number of nitrogens with zero attached hydrogens (tertiary/aromatic N) is 3. The lowest BCUT2D eigenvalue weighted by molar-refractivity contribution is -0.129. The van der Waals surface area contributed by atoms with Crippen LogP contribution in [0.4, 0.5) is 10.8 Å². The second kappa shape index (κ2) is 10.7. The summed E-state index contributed by atoms with van der Waals surface area (Å²) in [6, 6.07) is 17.7.